The fraction of sp³-hybridized carbons (Fsp3) is 0.304. The van der Waals surface area contributed by atoms with Crippen molar-refractivity contribution in [3.8, 4) is 6.07 Å². The number of ketones is 1. The van der Waals surface area contributed by atoms with E-state index >= 15 is 0 Å². The Morgan fingerprint density at radius 1 is 1.28 bits per heavy atom. The molecule has 4 nitrogen and oxygen atoms in total. The number of halogens is 3. The topological polar surface area (TPSA) is 70.1 Å². The van der Waals surface area contributed by atoms with Gasteiger partial charge in [0.15, 0.2) is 5.78 Å². The van der Waals surface area contributed by atoms with E-state index in [-0.39, 0.29) is 22.9 Å². The Hall–Kier alpha value is -2.70. The highest BCUT2D eigenvalue weighted by atomic mass is 32.2. The van der Waals surface area contributed by atoms with Gasteiger partial charge < -0.3 is 5.73 Å². The molecule has 2 N–H and O–H groups in total. The first kappa shape index (κ1) is 22.5. The fourth-order valence-electron chi connectivity index (χ4n) is 4.35. The molecule has 2 aromatic rings. The van der Waals surface area contributed by atoms with Crippen LogP contribution < -0.4 is 10.6 Å². The van der Waals surface area contributed by atoms with E-state index in [1.54, 1.807) is 11.8 Å². The Labute approximate surface area is 192 Å². The van der Waals surface area contributed by atoms with Gasteiger partial charge in [0.2, 0.25) is 0 Å². The summed E-state index contributed by atoms with van der Waals surface area (Å²) in [6, 6.07) is 9.12. The molecular formula is C23H20F3N3OS2. The maximum absolute atomic E-state index is 13.8. The van der Waals surface area contributed by atoms with E-state index in [0.29, 0.717) is 30.5 Å². The molecule has 2 aliphatic rings. The highest BCUT2D eigenvalue weighted by molar-refractivity contribution is 8.01. The predicted molar refractivity (Wildman–Crippen MR) is 120 cm³/mol. The van der Waals surface area contributed by atoms with E-state index < -0.39 is 17.7 Å². The van der Waals surface area contributed by atoms with Gasteiger partial charge in [-0.25, -0.2) is 0 Å². The van der Waals surface area contributed by atoms with Crippen LogP contribution in [0.15, 0.2) is 62.6 Å². The summed E-state index contributed by atoms with van der Waals surface area (Å²) in [6.07, 6.45) is -3.39. The monoisotopic (exact) mass is 475 g/mol. The van der Waals surface area contributed by atoms with E-state index in [4.69, 9.17) is 5.73 Å². The van der Waals surface area contributed by atoms with Crippen LogP contribution in [0.5, 0.6) is 0 Å². The van der Waals surface area contributed by atoms with Gasteiger partial charge in [0.25, 0.3) is 0 Å². The number of allylic oxidation sites excluding steroid dienone is 3. The summed E-state index contributed by atoms with van der Waals surface area (Å²) in [5, 5.41) is 11.9. The third-order valence-corrected chi connectivity index (χ3v) is 7.76. The number of carbonyl (C=O) groups excluding carboxylic acids is 1. The van der Waals surface area contributed by atoms with Crippen LogP contribution in [0, 0.1) is 11.3 Å². The van der Waals surface area contributed by atoms with Gasteiger partial charge in [-0.2, -0.15) is 18.4 Å². The number of benzene rings is 1. The number of carbonyl (C=O) groups is 1. The third kappa shape index (κ3) is 3.71. The second kappa shape index (κ2) is 8.68. The molecule has 0 saturated heterocycles. The molecule has 166 valence electrons. The first-order valence-corrected chi connectivity index (χ1v) is 12.0. The van der Waals surface area contributed by atoms with Gasteiger partial charge in [0.05, 0.1) is 33.0 Å². The predicted octanol–water partition coefficient (Wildman–Crippen LogP) is 6.18. The number of nitrogens with zero attached hydrogens (tertiary/aromatic N) is 2. The summed E-state index contributed by atoms with van der Waals surface area (Å²) in [6.45, 7) is 2.01. The first-order chi connectivity index (χ1) is 15.3. The van der Waals surface area contributed by atoms with Crippen LogP contribution in [-0.2, 0) is 11.0 Å². The number of para-hydroxylation sites is 1. The molecule has 1 aliphatic heterocycles. The molecule has 0 amide bonds. The summed E-state index contributed by atoms with van der Waals surface area (Å²) in [5.41, 5.74) is 7.15. The summed E-state index contributed by atoms with van der Waals surface area (Å²) in [5.74, 6) is -0.0602. The minimum Gasteiger partial charge on any atom is -0.384 e. The molecule has 0 unspecified atom stereocenters. The largest absolute Gasteiger partial charge is 0.418 e. The Morgan fingerprint density at radius 3 is 2.72 bits per heavy atom. The standard InChI is InChI=1S/C23H20F3N3OS2/c1-2-31-22-13(10-11-32-22)19-14(12-27)21(28)29(17-8-5-9-18(30)20(17)19)16-7-4-3-6-15(16)23(24,25)26/h3-4,6-7,10-11,19H,2,5,8-9,28H2,1H3/t19-/m0/s1. The van der Waals surface area contributed by atoms with Crippen molar-refractivity contribution in [2.45, 2.75) is 42.5 Å². The smallest absolute Gasteiger partial charge is 0.384 e. The van der Waals surface area contributed by atoms with Gasteiger partial charge in [-0.3, -0.25) is 9.69 Å². The molecule has 0 saturated carbocycles. The zero-order valence-electron chi connectivity index (χ0n) is 17.2. The Kier molecular flexibility index (Phi) is 6.10. The van der Waals surface area contributed by atoms with Crippen LogP contribution in [0.25, 0.3) is 0 Å². The molecule has 2 heterocycles. The average Bonchev–Trinajstić information content (AvgIpc) is 3.20. The van der Waals surface area contributed by atoms with Crippen LogP contribution in [-0.4, -0.2) is 11.5 Å². The molecule has 1 aliphatic carbocycles. The minimum absolute atomic E-state index is 0.0544. The summed E-state index contributed by atoms with van der Waals surface area (Å²) >= 11 is 3.13. The van der Waals surface area contributed by atoms with Crippen LogP contribution in [0.3, 0.4) is 0 Å². The van der Waals surface area contributed by atoms with Gasteiger partial charge in [0, 0.05) is 17.7 Å². The molecule has 0 fully saturated rings. The highest BCUT2D eigenvalue weighted by Gasteiger charge is 2.43. The summed E-state index contributed by atoms with van der Waals surface area (Å²) in [7, 11) is 0. The van der Waals surface area contributed by atoms with Crippen molar-refractivity contribution >= 4 is 34.6 Å². The Bertz CT molecular complexity index is 1170. The Morgan fingerprint density at radius 2 is 2.03 bits per heavy atom. The minimum atomic E-state index is -4.61. The van der Waals surface area contributed by atoms with Gasteiger partial charge in [-0.1, -0.05) is 19.1 Å². The molecule has 1 atom stereocenters. The van der Waals surface area contributed by atoms with E-state index in [0.717, 1.165) is 21.6 Å². The van der Waals surface area contributed by atoms with E-state index in [2.05, 4.69) is 6.07 Å². The molecule has 4 rings (SSSR count). The number of rotatable bonds is 4. The summed E-state index contributed by atoms with van der Waals surface area (Å²) < 4.78 is 42.4. The van der Waals surface area contributed by atoms with Gasteiger partial charge in [0.1, 0.15) is 5.82 Å². The van der Waals surface area contributed by atoms with Crippen molar-refractivity contribution in [3.05, 3.63) is 69.5 Å². The number of hydrogen-bond donors (Lipinski definition) is 1. The molecule has 1 aromatic heterocycles. The Balaban J connectivity index is 2.00. The normalized spacial score (nSPS) is 19.3. The van der Waals surface area contributed by atoms with Crippen molar-refractivity contribution in [1.82, 2.24) is 0 Å². The van der Waals surface area contributed by atoms with E-state index in [9.17, 15) is 23.2 Å². The lowest BCUT2D eigenvalue weighted by molar-refractivity contribution is -0.137. The molecule has 1 aromatic carbocycles. The van der Waals surface area contributed by atoms with Gasteiger partial charge >= 0.3 is 6.18 Å². The molecule has 0 radical (unpaired) electrons. The third-order valence-electron chi connectivity index (χ3n) is 5.61. The zero-order valence-corrected chi connectivity index (χ0v) is 18.8. The second-order valence-electron chi connectivity index (χ2n) is 7.43. The van der Waals surface area contributed by atoms with Crippen molar-refractivity contribution in [1.29, 1.82) is 5.26 Å². The summed E-state index contributed by atoms with van der Waals surface area (Å²) in [4.78, 5) is 14.4. The lowest BCUT2D eigenvalue weighted by atomic mass is 9.76. The number of Topliss-reactive ketones (excluding diaryl/α,β-unsaturated/α-hetero) is 1. The second-order valence-corrected chi connectivity index (χ2v) is 9.88. The van der Waals surface area contributed by atoms with Gasteiger partial charge in [-0.15, -0.1) is 23.1 Å². The van der Waals surface area contributed by atoms with Crippen LogP contribution in [0.2, 0.25) is 0 Å². The van der Waals surface area contributed by atoms with E-state index in [1.807, 2.05) is 18.4 Å². The number of alkyl halides is 3. The maximum Gasteiger partial charge on any atom is 0.418 e. The van der Waals surface area contributed by atoms with Crippen molar-refractivity contribution in [2.75, 3.05) is 10.7 Å². The number of anilines is 1. The van der Waals surface area contributed by atoms with Crippen molar-refractivity contribution in [3.63, 3.8) is 0 Å². The molecular weight excluding hydrogens is 455 g/mol. The van der Waals surface area contributed by atoms with Gasteiger partial charge in [-0.05, 0) is 47.7 Å². The van der Waals surface area contributed by atoms with Crippen molar-refractivity contribution < 1.29 is 18.0 Å². The lowest BCUT2D eigenvalue weighted by Gasteiger charge is -2.40. The molecule has 32 heavy (non-hydrogen) atoms. The van der Waals surface area contributed by atoms with Crippen LogP contribution in [0.4, 0.5) is 18.9 Å². The number of thioether (sulfide) groups is 1. The fourth-order valence-corrected chi connectivity index (χ4v) is 6.42. The zero-order chi connectivity index (χ0) is 23.0. The average molecular weight is 476 g/mol. The number of nitrogens with two attached hydrogens (primary N) is 1. The SMILES string of the molecule is CCSc1sccc1[C@H]1C(C#N)=C(N)N(c2ccccc2C(F)(F)F)C2=C1C(=O)CCC2. The van der Waals surface area contributed by atoms with Crippen molar-refractivity contribution in [2.24, 2.45) is 5.73 Å². The molecule has 0 spiro atoms. The van der Waals surface area contributed by atoms with Crippen LogP contribution in [0.1, 0.15) is 43.2 Å². The number of nitriles is 1. The number of thiophene rings is 1. The first-order valence-electron chi connectivity index (χ1n) is 10.1. The quantitative estimate of drug-likeness (QED) is 0.535. The maximum atomic E-state index is 13.8. The molecule has 9 heteroatoms. The van der Waals surface area contributed by atoms with E-state index in [1.165, 1.54) is 34.4 Å². The number of hydrogen-bond acceptors (Lipinski definition) is 6. The highest BCUT2D eigenvalue weighted by Crippen LogP contribution is 2.50. The molecule has 0 bridgehead atoms. The van der Waals surface area contributed by atoms with Crippen LogP contribution >= 0.6 is 23.1 Å². The lowest BCUT2D eigenvalue weighted by Crippen LogP contribution is -2.39.